The maximum absolute atomic E-state index is 11.7. The number of ether oxygens (including phenoxy) is 2. The molecule has 3 rings (SSSR count). The van der Waals surface area contributed by atoms with Crippen molar-refractivity contribution in [2.45, 2.75) is 26.7 Å². The normalized spacial score (nSPS) is 10.4. The van der Waals surface area contributed by atoms with Crippen molar-refractivity contribution >= 4 is 11.6 Å². The van der Waals surface area contributed by atoms with E-state index in [-0.39, 0.29) is 17.6 Å². The second-order valence-electron chi connectivity index (χ2n) is 5.98. The van der Waals surface area contributed by atoms with Crippen LogP contribution in [0.2, 0.25) is 0 Å². The maximum atomic E-state index is 11.7. The zero-order valence-corrected chi connectivity index (χ0v) is 15.7. The molecule has 2 aromatic carbocycles. The number of carbonyl (C=O) groups excluding carboxylic acids is 2. The molecule has 28 heavy (non-hydrogen) atoms. The van der Waals surface area contributed by atoms with Crippen molar-refractivity contribution in [2.24, 2.45) is 0 Å². The Morgan fingerprint density at radius 2 is 1.25 bits per heavy atom. The highest BCUT2D eigenvalue weighted by molar-refractivity contribution is 5.96. The smallest absolute Gasteiger partial charge is 0.325 e. The lowest BCUT2D eigenvalue weighted by molar-refractivity contribution is 0.0980. The number of hydrogen-bond donors (Lipinski definition) is 0. The molecule has 0 bridgehead atoms. The first kappa shape index (κ1) is 19.2. The first-order valence-corrected chi connectivity index (χ1v) is 9.04. The van der Waals surface area contributed by atoms with Crippen LogP contribution in [0.3, 0.4) is 0 Å². The molecule has 0 atom stereocenters. The van der Waals surface area contributed by atoms with Gasteiger partial charge in [-0.2, -0.15) is 4.98 Å². The summed E-state index contributed by atoms with van der Waals surface area (Å²) in [6.07, 6.45) is 2.44. The highest BCUT2D eigenvalue weighted by Crippen LogP contribution is 2.24. The first-order chi connectivity index (χ1) is 13.6. The lowest BCUT2D eigenvalue weighted by Crippen LogP contribution is -1.98. The molecule has 0 saturated heterocycles. The van der Waals surface area contributed by atoms with Gasteiger partial charge in [0.2, 0.25) is 5.88 Å². The minimum absolute atomic E-state index is 0.0739. The summed E-state index contributed by atoms with van der Waals surface area (Å²) in [6.45, 7) is 3.64. The maximum Gasteiger partial charge on any atom is 0.325 e. The van der Waals surface area contributed by atoms with E-state index in [0.29, 0.717) is 41.3 Å². The van der Waals surface area contributed by atoms with Gasteiger partial charge in [0.25, 0.3) is 0 Å². The molecule has 142 valence electrons. The average Bonchev–Trinajstić information content (AvgIpc) is 2.74. The molecule has 6 heteroatoms. The van der Waals surface area contributed by atoms with Gasteiger partial charge in [0.15, 0.2) is 11.6 Å². The van der Waals surface area contributed by atoms with E-state index < -0.39 is 0 Å². The topological polar surface area (TPSA) is 78.4 Å². The largest absolute Gasteiger partial charge is 0.439 e. The number of hydrogen-bond acceptors (Lipinski definition) is 6. The summed E-state index contributed by atoms with van der Waals surface area (Å²) in [4.78, 5) is 31.7. The molecule has 3 aromatic rings. The van der Waals surface area contributed by atoms with Crippen LogP contribution in [-0.2, 0) is 0 Å². The molecule has 0 unspecified atom stereocenters. The Morgan fingerprint density at radius 1 is 0.750 bits per heavy atom. The lowest BCUT2D eigenvalue weighted by atomic mass is 10.1. The fourth-order valence-electron chi connectivity index (χ4n) is 2.48. The van der Waals surface area contributed by atoms with E-state index in [1.54, 1.807) is 54.6 Å². The fourth-order valence-corrected chi connectivity index (χ4v) is 2.48. The quantitative estimate of drug-likeness (QED) is 0.500. The van der Waals surface area contributed by atoms with Crippen molar-refractivity contribution in [1.29, 1.82) is 0 Å². The standard InChI is InChI=1S/C22H20N2O4/c1-3-19(25)15-5-9-17(10-6-15)27-21-13-14-23-22(24-21)28-18-11-7-16(8-12-18)20(26)4-2/h5-14H,3-4H2,1-2H3. The number of benzene rings is 2. The Hall–Kier alpha value is -3.54. The van der Waals surface area contributed by atoms with E-state index in [2.05, 4.69) is 9.97 Å². The molecule has 0 spiro atoms. The number of carbonyl (C=O) groups is 2. The molecule has 0 N–H and O–H groups in total. The predicted octanol–water partition coefficient (Wildman–Crippen LogP) is 5.25. The van der Waals surface area contributed by atoms with Gasteiger partial charge in [-0.25, -0.2) is 4.98 Å². The molecule has 0 aliphatic heterocycles. The fraction of sp³-hybridized carbons (Fsp3) is 0.182. The Bertz CT molecular complexity index is 890. The summed E-state index contributed by atoms with van der Waals surface area (Å²) in [6, 6.07) is 15.4. The summed E-state index contributed by atoms with van der Waals surface area (Å²) in [5.74, 6) is 1.55. The summed E-state index contributed by atoms with van der Waals surface area (Å²) in [5, 5.41) is 0. The second kappa shape index (κ2) is 8.90. The van der Waals surface area contributed by atoms with Crippen LogP contribution in [0.25, 0.3) is 0 Å². The van der Waals surface area contributed by atoms with E-state index >= 15 is 0 Å². The van der Waals surface area contributed by atoms with Crippen LogP contribution < -0.4 is 9.47 Å². The molecule has 0 aliphatic rings. The SMILES string of the molecule is CCC(=O)c1ccc(Oc2ccnc(Oc3ccc(C(=O)CC)cc3)n2)cc1. The Labute approximate surface area is 163 Å². The number of rotatable bonds is 8. The molecule has 6 nitrogen and oxygen atoms in total. The number of nitrogens with zero attached hydrogens (tertiary/aromatic N) is 2. The molecule has 0 saturated carbocycles. The zero-order valence-electron chi connectivity index (χ0n) is 15.7. The van der Waals surface area contributed by atoms with Gasteiger partial charge in [0.05, 0.1) is 0 Å². The second-order valence-corrected chi connectivity index (χ2v) is 5.98. The van der Waals surface area contributed by atoms with Crippen molar-refractivity contribution in [3.8, 4) is 23.4 Å². The van der Waals surface area contributed by atoms with Crippen molar-refractivity contribution in [1.82, 2.24) is 9.97 Å². The van der Waals surface area contributed by atoms with Gasteiger partial charge >= 0.3 is 6.01 Å². The molecule has 0 radical (unpaired) electrons. The first-order valence-electron chi connectivity index (χ1n) is 9.04. The number of aromatic nitrogens is 2. The molecule has 1 aromatic heterocycles. The third-order valence-electron chi connectivity index (χ3n) is 4.03. The van der Waals surface area contributed by atoms with Crippen LogP contribution in [0.15, 0.2) is 60.8 Å². The average molecular weight is 376 g/mol. The number of ketones is 2. The third kappa shape index (κ3) is 4.79. The molecule has 0 aliphatic carbocycles. The van der Waals surface area contributed by atoms with Crippen LogP contribution in [0.5, 0.6) is 23.4 Å². The van der Waals surface area contributed by atoms with E-state index in [1.165, 1.54) is 6.20 Å². The molecule has 0 fully saturated rings. The van der Waals surface area contributed by atoms with Crippen molar-refractivity contribution < 1.29 is 19.1 Å². The zero-order chi connectivity index (χ0) is 19.9. The van der Waals surface area contributed by atoms with Crippen molar-refractivity contribution in [2.75, 3.05) is 0 Å². The highest BCUT2D eigenvalue weighted by Gasteiger charge is 2.08. The monoisotopic (exact) mass is 376 g/mol. The molecule has 0 amide bonds. The summed E-state index contributed by atoms with van der Waals surface area (Å²) in [7, 11) is 0. The van der Waals surface area contributed by atoms with Gasteiger partial charge in [-0.3, -0.25) is 9.59 Å². The predicted molar refractivity (Wildman–Crippen MR) is 104 cm³/mol. The summed E-state index contributed by atoms with van der Waals surface area (Å²) in [5.41, 5.74) is 1.28. The minimum Gasteiger partial charge on any atom is -0.439 e. The van der Waals surface area contributed by atoms with Crippen molar-refractivity contribution in [3.63, 3.8) is 0 Å². The Morgan fingerprint density at radius 3 is 1.75 bits per heavy atom. The van der Waals surface area contributed by atoms with Gasteiger partial charge in [0, 0.05) is 36.2 Å². The summed E-state index contributed by atoms with van der Waals surface area (Å²) >= 11 is 0. The molecular weight excluding hydrogens is 356 g/mol. The van der Waals surface area contributed by atoms with Gasteiger partial charge in [-0.15, -0.1) is 0 Å². The van der Waals surface area contributed by atoms with E-state index in [4.69, 9.17) is 9.47 Å². The van der Waals surface area contributed by atoms with Gasteiger partial charge in [-0.1, -0.05) is 13.8 Å². The minimum atomic E-state index is 0.0739. The lowest BCUT2D eigenvalue weighted by Gasteiger charge is -2.08. The van der Waals surface area contributed by atoms with Crippen molar-refractivity contribution in [3.05, 3.63) is 71.9 Å². The Kier molecular flexibility index (Phi) is 6.11. The van der Waals surface area contributed by atoms with Gasteiger partial charge in [0.1, 0.15) is 11.5 Å². The third-order valence-corrected chi connectivity index (χ3v) is 4.03. The number of Topliss-reactive ketones (excluding diaryl/α,β-unsaturated/α-hetero) is 2. The Balaban J connectivity index is 1.68. The van der Waals surface area contributed by atoms with Crippen LogP contribution in [-0.4, -0.2) is 21.5 Å². The highest BCUT2D eigenvalue weighted by atomic mass is 16.5. The molecular formula is C22H20N2O4. The molecule has 1 heterocycles. The van der Waals surface area contributed by atoms with Crippen LogP contribution in [0.1, 0.15) is 47.4 Å². The summed E-state index contributed by atoms with van der Waals surface area (Å²) < 4.78 is 11.3. The van der Waals surface area contributed by atoms with Crippen LogP contribution in [0, 0.1) is 0 Å². The van der Waals surface area contributed by atoms with Gasteiger partial charge in [-0.05, 0) is 48.5 Å². The van der Waals surface area contributed by atoms with Crippen LogP contribution >= 0.6 is 0 Å². The van der Waals surface area contributed by atoms with E-state index in [1.807, 2.05) is 13.8 Å². The van der Waals surface area contributed by atoms with Crippen LogP contribution in [0.4, 0.5) is 0 Å². The van der Waals surface area contributed by atoms with Gasteiger partial charge < -0.3 is 9.47 Å². The van der Waals surface area contributed by atoms with E-state index in [9.17, 15) is 9.59 Å². The van der Waals surface area contributed by atoms with E-state index in [0.717, 1.165) is 0 Å².